The zero-order valence-electron chi connectivity index (χ0n) is 20.3. The summed E-state index contributed by atoms with van der Waals surface area (Å²) in [5, 5.41) is 4.57. The van der Waals surface area contributed by atoms with Crippen LogP contribution in [-0.4, -0.2) is 43.5 Å². The molecule has 3 heterocycles. The Kier molecular flexibility index (Phi) is 6.13. The molecule has 1 aliphatic carbocycles. The number of halogens is 3. The lowest BCUT2D eigenvalue weighted by Crippen LogP contribution is -2.70. The maximum atomic E-state index is 14.2. The molecule has 1 saturated heterocycles. The van der Waals surface area contributed by atoms with Crippen molar-refractivity contribution in [2.75, 3.05) is 13.1 Å². The molecule has 2 aliphatic rings. The number of Topliss-reactive ketones (excluding diaryl/α,β-unsaturated/α-hetero) is 1. The number of ketones is 1. The summed E-state index contributed by atoms with van der Waals surface area (Å²) in [6.45, 7) is 0.834. The van der Waals surface area contributed by atoms with E-state index >= 15 is 0 Å². The Bertz CT molecular complexity index is 1510. The second-order valence-corrected chi connectivity index (χ2v) is 11.1. The Morgan fingerprint density at radius 3 is 2.55 bits per heavy atom. The summed E-state index contributed by atoms with van der Waals surface area (Å²) in [6, 6.07) is 15.1. The van der Waals surface area contributed by atoms with Crippen LogP contribution in [0.4, 0.5) is 13.2 Å². The Hall–Kier alpha value is -3.47. The Labute approximate surface area is 221 Å². The van der Waals surface area contributed by atoms with Crippen molar-refractivity contribution in [2.24, 2.45) is 11.1 Å². The molecule has 1 aliphatic heterocycles. The number of carbonyl (C=O) groups excluding carboxylic acids is 1. The van der Waals surface area contributed by atoms with Gasteiger partial charge in [0.25, 0.3) is 0 Å². The van der Waals surface area contributed by atoms with Gasteiger partial charge in [0.1, 0.15) is 11.5 Å². The highest BCUT2D eigenvalue weighted by Crippen LogP contribution is 2.50. The highest BCUT2D eigenvalue weighted by Gasteiger charge is 2.60. The van der Waals surface area contributed by atoms with E-state index in [0.29, 0.717) is 48.6 Å². The minimum Gasteiger partial charge on any atom is -0.324 e. The Balaban J connectivity index is 1.40. The first-order chi connectivity index (χ1) is 18.3. The fourth-order valence-electron chi connectivity index (χ4n) is 5.64. The number of carbonyl (C=O) groups is 1. The summed E-state index contributed by atoms with van der Waals surface area (Å²) in [4.78, 5) is 19.1. The quantitative estimate of drug-likeness (QED) is 0.293. The fourth-order valence-corrected chi connectivity index (χ4v) is 6.69. The molecule has 38 heavy (non-hydrogen) atoms. The number of aromatic nitrogens is 3. The van der Waals surface area contributed by atoms with Crippen LogP contribution < -0.4 is 5.73 Å². The van der Waals surface area contributed by atoms with Gasteiger partial charge in [0.2, 0.25) is 0 Å². The van der Waals surface area contributed by atoms with Gasteiger partial charge >= 0.3 is 0 Å². The predicted octanol–water partition coefficient (Wildman–Crippen LogP) is 4.76. The number of fused-ring (bicyclic) bond motifs is 2. The Morgan fingerprint density at radius 1 is 1.00 bits per heavy atom. The van der Waals surface area contributed by atoms with Crippen molar-refractivity contribution in [3.63, 3.8) is 0 Å². The standard InChI is InChI=1S/C28H24F3N5OS/c29-19-4-6-20(7-5-19)36-25-15-28(32)10-12-35(38-21-8-9-22(30)23(31)13-21)17-27(28,14-18(25)16-34-36)26(37)24-3-1-2-11-33-24/h1-9,11,13,16H,10,12,14-15,17,32H2/t27-,28-/m1/s1. The zero-order chi connectivity index (χ0) is 26.5. The topological polar surface area (TPSA) is 77.0 Å². The highest BCUT2D eigenvalue weighted by molar-refractivity contribution is 7.97. The number of pyridine rings is 1. The van der Waals surface area contributed by atoms with Crippen molar-refractivity contribution in [2.45, 2.75) is 29.7 Å². The van der Waals surface area contributed by atoms with E-state index in [1.807, 2.05) is 4.31 Å². The lowest BCUT2D eigenvalue weighted by Gasteiger charge is -2.55. The lowest BCUT2D eigenvalue weighted by atomic mass is 9.55. The second kappa shape index (κ2) is 9.37. The van der Waals surface area contributed by atoms with E-state index in [-0.39, 0.29) is 11.6 Å². The summed E-state index contributed by atoms with van der Waals surface area (Å²) >= 11 is 1.28. The van der Waals surface area contributed by atoms with Crippen molar-refractivity contribution in [1.29, 1.82) is 0 Å². The van der Waals surface area contributed by atoms with Gasteiger partial charge < -0.3 is 5.73 Å². The van der Waals surface area contributed by atoms with Gasteiger partial charge in [-0.25, -0.2) is 22.2 Å². The van der Waals surface area contributed by atoms with E-state index in [1.54, 1.807) is 47.4 Å². The molecule has 0 bridgehead atoms. The molecule has 2 aromatic carbocycles. The van der Waals surface area contributed by atoms with Crippen LogP contribution in [0.15, 0.2) is 78.0 Å². The van der Waals surface area contributed by atoms with Crippen molar-refractivity contribution in [3.8, 4) is 5.69 Å². The third-order valence-electron chi connectivity index (χ3n) is 7.67. The fraction of sp³-hybridized carbons (Fsp3) is 0.250. The summed E-state index contributed by atoms with van der Waals surface area (Å²) in [7, 11) is 0. The van der Waals surface area contributed by atoms with Gasteiger partial charge in [-0.3, -0.25) is 9.78 Å². The summed E-state index contributed by atoms with van der Waals surface area (Å²) in [6.07, 6.45) is 4.54. The van der Waals surface area contributed by atoms with Crippen LogP contribution in [0.2, 0.25) is 0 Å². The highest BCUT2D eigenvalue weighted by atomic mass is 32.2. The number of piperidine rings is 1. The van der Waals surface area contributed by atoms with Crippen LogP contribution in [0.25, 0.3) is 5.69 Å². The molecule has 194 valence electrons. The van der Waals surface area contributed by atoms with Gasteiger partial charge in [-0.1, -0.05) is 6.07 Å². The largest absolute Gasteiger partial charge is 0.324 e. The van der Waals surface area contributed by atoms with Crippen LogP contribution in [0.1, 0.15) is 28.2 Å². The summed E-state index contributed by atoms with van der Waals surface area (Å²) in [5.74, 6) is -2.32. The van der Waals surface area contributed by atoms with Crippen molar-refractivity contribution >= 4 is 17.7 Å². The minimum absolute atomic E-state index is 0.156. The van der Waals surface area contributed by atoms with E-state index in [1.165, 1.54) is 30.1 Å². The molecular weight excluding hydrogens is 511 g/mol. The van der Waals surface area contributed by atoms with Crippen LogP contribution in [0.3, 0.4) is 0 Å². The molecule has 2 atom stereocenters. The van der Waals surface area contributed by atoms with Crippen LogP contribution in [0.5, 0.6) is 0 Å². The minimum atomic E-state index is -1.03. The van der Waals surface area contributed by atoms with E-state index in [2.05, 4.69) is 10.1 Å². The maximum absolute atomic E-state index is 14.2. The van der Waals surface area contributed by atoms with E-state index < -0.39 is 22.6 Å². The molecule has 0 spiro atoms. The van der Waals surface area contributed by atoms with Crippen LogP contribution in [-0.2, 0) is 12.8 Å². The number of nitrogens with two attached hydrogens (primary N) is 1. The lowest BCUT2D eigenvalue weighted by molar-refractivity contribution is 0.0277. The third kappa shape index (κ3) is 4.13. The smallest absolute Gasteiger partial charge is 0.190 e. The molecule has 6 rings (SSSR count). The molecule has 1 fully saturated rings. The number of hydrogen-bond donors (Lipinski definition) is 1. The van der Waals surface area contributed by atoms with Crippen molar-refractivity contribution in [1.82, 2.24) is 19.1 Å². The average Bonchev–Trinajstić information content (AvgIpc) is 3.31. The molecule has 0 unspecified atom stereocenters. The molecule has 0 saturated carbocycles. The SMILES string of the molecule is N[C@@]12CCN(Sc3ccc(F)c(F)c3)C[C@@]1(C(=O)c1ccccn1)Cc1cnn(-c3ccc(F)cc3)c1C2. The molecule has 4 aromatic rings. The molecule has 2 N–H and O–H groups in total. The van der Waals surface area contributed by atoms with E-state index in [9.17, 15) is 18.0 Å². The van der Waals surface area contributed by atoms with Crippen molar-refractivity contribution < 1.29 is 18.0 Å². The van der Waals surface area contributed by atoms with Crippen molar-refractivity contribution in [3.05, 3.63) is 107 Å². The van der Waals surface area contributed by atoms with Gasteiger partial charge in [0.15, 0.2) is 17.4 Å². The number of benzene rings is 2. The molecule has 0 radical (unpaired) electrons. The zero-order valence-corrected chi connectivity index (χ0v) is 21.1. The molecular formula is C28H24F3N5OS. The Morgan fingerprint density at radius 2 is 1.82 bits per heavy atom. The monoisotopic (exact) mass is 535 g/mol. The predicted molar refractivity (Wildman–Crippen MR) is 137 cm³/mol. The summed E-state index contributed by atoms with van der Waals surface area (Å²) < 4.78 is 44.7. The molecule has 6 nitrogen and oxygen atoms in total. The van der Waals surface area contributed by atoms with E-state index in [0.717, 1.165) is 23.4 Å². The number of nitrogens with zero attached hydrogens (tertiary/aromatic N) is 4. The second-order valence-electron chi connectivity index (χ2n) is 9.92. The number of rotatable bonds is 5. The first kappa shape index (κ1) is 24.8. The van der Waals surface area contributed by atoms with Gasteiger partial charge in [0.05, 0.1) is 17.3 Å². The molecule has 10 heteroatoms. The molecule has 0 amide bonds. The van der Waals surface area contributed by atoms with Crippen LogP contribution >= 0.6 is 11.9 Å². The third-order valence-corrected chi connectivity index (χ3v) is 8.70. The van der Waals surface area contributed by atoms with E-state index in [4.69, 9.17) is 5.73 Å². The summed E-state index contributed by atoms with van der Waals surface area (Å²) in [5.41, 5.74) is 8.06. The number of hydrogen-bond acceptors (Lipinski definition) is 6. The first-order valence-corrected chi connectivity index (χ1v) is 13.0. The van der Waals surface area contributed by atoms with Gasteiger partial charge in [0, 0.05) is 41.8 Å². The average molecular weight is 536 g/mol. The normalized spacial score (nSPS) is 23.1. The maximum Gasteiger partial charge on any atom is 0.190 e. The van der Waals surface area contributed by atoms with Gasteiger partial charge in [-0.2, -0.15) is 5.10 Å². The van der Waals surface area contributed by atoms with Gasteiger partial charge in [-0.15, -0.1) is 0 Å². The van der Waals surface area contributed by atoms with Crippen LogP contribution in [0, 0.1) is 22.9 Å². The first-order valence-electron chi connectivity index (χ1n) is 12.2. The van der Waals surface area contributed by atoms with Gasteiger partial charge in [-0.05, 0) is 85.0 Å². The molecule has 2 aromatic heterocycles.